The average molecular weight is 315 g/mol. The first-order chi connectivity index (χ1) is 9.65. The van der Waals surface area contributed by atoms with Crippen molar-refractivity contribution in [2.45, 2.75) is 20.0 Å². The summed E-state index contributed by atoms with van der Waals surface area (Å²) in [4.78, 5) is 11.8. The van der Waals surface area contributed by atoms with Gasteiger partial charge in [-0.15, -0.1) is 12.4 Å². The highest BCUT2D eigenvalue weighted by molar-refractivity contribution is 5.85. The van der Waals surface area contributed by atoms with Gasteiger partial charge in [0.1, 0.15) is 18.5 Å². The zero-order chi connectivity index (χ0) is 14.4. The minimum Gasteiger partial charge on any atom is -0.492 e. The fourth-order valence-corrected chi connectivity index (χ4v) is 2.21. The first kappa shape index (κ1) is 17.8. The molecular weight excluding hydrogens is 292 g/mol. The number of morpholine rings is 1. The fraction of sp³-hybridized carbons (Fsp3) is 0.533. The van der Waals surface area contributed by atoms with Gasteiger partial charge in [0.05, 0.1) is 13.2 Å². The molecule has 1 aromatic rings. The molecule has 0 aromatic heterocycles. The molecular formula is C15H23ClN2O3. The lowest BCUT2D eigenvalue weighted by Crippen LogP contribution is -2.48. The van der Waals surface area contributed by atoms with E-state index in [4.69, 9.17) is 9.47 Å². The molecule has 1 heterocycles. The largest absolute Gasteiger partial charge is 0.492 e. The van der Waals surface area contributed by atoms with Gasteiger partial charge in [-0.1, -0.05) is 6.07 Å². The third-order valence-electron chi connectivity index (χ3n) is 3.09. The molecule has 0 radical (unpaired) electrons. The number of benzene rings is 1. The first-order valence-corrected chi connectivity index (χ1v) is 6.96. The highest BCUT2D eigenvalue weighted by atomic mass is 35.5. The predicted octanol–water partition coefficient (Wildman–Crippen LogP) is 1.21. The van der Waals surface area contributed by atoms with Crippen LogP contribution < -0.4 is 15.4 Å². The summed E-state index contributed by atoms with van der Waals surface area (Å²) in [6.45, 7) is 6.96. The Labute approximate surface area is 131 Å². The van der Waals surface area contributed by atoms with E-state index in [2.05, 4.69) is 16.7 Å². The standard InChI is InChI=1S/C15H22N2O3.ClH/c1-11-7-12(2)9-13(8-11)19-6-4-17-15(18)14-10-16-3-5-20-14;/h7-9,14,16H,3-6,10H2,1-2H3,(H,17,18);1H. The van der Waals surface area contributed by atoms with Crippen molar-refractivity contribution < 1.29 is 14.3 Å². The molecule has 21 heavy (non-hydrogen) atoms. The molecule has 118 valence electrons. The lowest BCUT2D eigenvalue weighted by molar-refractivity contribution is -0.134. The van der Waals surface area contributed by atoms with Crippen LogP contribution in [0.3, 0.4) is 0 Å². The van der Waals surface area contributed by atoms with Crippen LogP contribution in [0, 0.1) is 13.8 Å². The molecule has 0 aliphatic carbocycles. The van der Waals surface area contributed by atoms with E-state index < -0.39 is 0 Å². The van der Waals surface area contributed by atoms with Crippen LogP contribution in [0.1, 0.15) is 11.1 Å². The summed E-state index contributed by atoms with van der Waals surface area (Å²) in [5.74, 6) is 0.758. The molecule has 1 unspecified atom stereocenters. The van der Waals surface area contributed by atoms with Crippen molar-refractivity contribution in [3.05, 3.63) is 29.3 Å². The van der Waals surface area contributed by atoms with Crippen LogP contribution in [0.4, 0.5) is 0 Å². The summed E-state index contributed by atoms with van der Waals surface area (Å²) in [5, 5.41) is 5.95. The van der Waals surface area contributed by atoms with Crippen molar-refractivity contribution in [1.29, 1.82) is 0 Å². The molecule has 2 rings (SSSR count). The summed E-state index contributed by atoms with van der Waals surface area (Å²) in [6, 6.07) is 6.08. The van der Waals surface area contributed by atoms with E-state index in [1.807, 2.05) is 26.0 Å². The second-order valence-electron chi connectivity index (χ2n) is 5.03. The van der Waals surface area contributed by atoms with E-state index in [-0.39, 0.29) is 24.4 Å². The normalized spacial score (nSPS) is 17.7. The van der Waals surface area contributed by atoms with Crippen molar-refractivity contribution in [3.8, 4) is 5.75 Å². The summed E-state index contributed by atoms with van der Waals surface area (Å²) < 4.78 is 11.0. The Morgan fingerprint density at radius 2 is 2.10 bits per heavy atom. The molecule has 1 saturated heterocycles. The highest BCUT2D eigenvalue weighted by Crippen LogP contribution is 2.15. The van der Waals surface area contributed by atoms with E-state index in [0.717, 1.165) is 12.3 Å². The molecule has 0 spiro atoms. The topological polar surface area (TPSA) is 59.6 Å². The van der Waals surface area contributed by atoms with Gasteiger partial charge in [0.2, 0.25) is 0 Å². The molecule has 0 saturated carbocycles. The third kappa shape index (κ3) is 5.91. The molecule has 1 atom stereocenters. The van der Waals surface area contributed by atoms with Crippen molar-refractivity contribution in [1.82, 2.24) is 10.6 Å². The molecule has 1 aromatic carbocycles. The Morgan fingerprint density at radius 1 is 1.38 bits per heavy atom. The molecule has 6 heteroatoms. The molecule has 5 nitrogen and oxygen atoms in total. The van der Waals surface area contributed by atoms with Gasteiger partial charge in [0.25, 0.3) is 5.91 Å². The van der Waals surface area contributed by atoms with Gasteiger partial charge in [-0.05, 0) is 37.1 Å². The zero-order valence-electron chi connectivity index (χ0n) is 12.5. The summed E-state index contributed by atoms with van der Waals surface area (Å²) in [5.41, 5.74) is 2.34. The molecule has 1 fully saturated rings. The Morgan fingerprint density at radius 3 is 2.71 bits per heavy atom. The Balaban J connectivity index is 0.00000220. The van der Waals surface area contributed by atoms with Gasteiger partial charge in [-0.25, -0.2) is 0 Å². The number of amides is 1. The van der Waals surface area contributed by atoms with Crippen molar-refractivity contribution >= 4 is 18.3 Å². The monoisotopic (exact) mass is 314 g/mol. The molecule has 1 amide bonds. The number of rotatable bonds is 5. The Bertz CT molecular complexity index is 442. The quantitative estimate of drug-likeness (QED) is 0.802. The summed E-state index contributed by atoms with van der Waals surface area (Å²) in [7, 11) is 0. The molecule has 1 aliphatic heterocycles. The van der Waals surface area contributed by atoms with Crippen LogP contribution >= 0.6 is 12.4 Å². The molecule has 1 aliphatic rings. The number of hydrogen-bond acceptors (Lipinski definition) is 4. The van der Waals surface area contributed by atoms with Gasteiger partial charge < -0.3 is 20.1 Å². The van der Waals surface area contributed by atoms with E-state index >= 15 is 0 Å². The van der Waals surface area contributed by atoms with Crippen LogP contribution in [0.15, 0.2) is 18.2 Å². The SMILES string of the molecule is Cc1cc(C)cc(OCCNC(=O)C2CNCCO2)c1.Cl. The van der Waals surface area contributed by atoms with Crippen LogP contribution in [-0.2, 0) is 9.53 Å². The number of carbonyl (C=O) groups is 1. The van der Waals surface area contributed by atoms with E-state index in [1.54, 1.807) is 0 Å². The van der Waals surface area contributed by atoms with Gasteiger partial charge >= 0.3 is 0 Å². The first-order valence-electron chi connectivity index (χ1n) is 6.96. The predicted molar refractivity (Wildman–Crippen MR) is 84.3 cm³/mol. The van der Waals surface area contributed by atoms with E-state index in [9.17, 15) is 4.79 Å². The smallest absolute Gasteiger partial charge is 0.250 e. The molecule has 0 bridgehead atoms. The van der Waals surface area contributed by atoms with E-state index in [1.165, 1.54) is 11.1 Å². The maximum absolute atomic E-state index is 11.8. The zero-order valence-corrected chi connectivity index (χ0v) is 13.3. The van der Waals surface area contributed by atoms with Crippen LogP contribution in [0.2, 0.25) is 0 Å². The summed E-state index contributed by atoms with van der Waals surface area (Å²) >= 11 is 0. The van der Waals surface area contributed by atoms with Crippen LogP contribution in [-0.4, -0.2) is 44.9 Å². The molecule has 2 N–H and O–H groups in total. The average Bonchev–Trinajstić information content (AvgIpc) is 2.43. The lowest BCUT2D eigenvalue weighted by atomic mass is 10.1. The van der Waals surface area contributed by atoms with Crippen LogP contribution in [0.25, 0.3) is 0 Å². The van der Waals surface area contributed by atoms with Gasteiger partial charge in [0, 0.05) is 13.1 Å². The van der Waals surface area contributed by atoms with Gasteiger partial charge in [-0.3, -0.25) is 4.79 Å². The van der Waals surface area contributed by atoms with Crippen LogP contribution in [0.5, 0.6) is 5.75 Å². The number of halogens is 1. The second kappa shape index (κ2) is 8.87. The number of nitrogens with one attached hydrogen (secondary N) is 2. The third-order valence-corrected chi connectivity index (χ3v) is 3.09. The lowest BCUT2D eigenvalue weighted by Gasteiger charge is -2.22. The highest BCUT2D eigenvalue weighted by Gasteiger charge is 2.20. The number of ether oxygens (including phenoxy) is 2. The fourth-order valence-electron chi connectivity index (χ4n) is 2.21. The minimum absolute atomic E-state index is 0. The minimum atomic E-state index is -0.384. The van der Waals surface area contributed by atoms with Crippen molar-refractivity contribution in [2.24, 2.45) is 0 Å². The maximum Gasteiger partial charge on any atom is 0.250 e. The Kier molecular flexibility index (Phi) is 7.50. The van der Waals surface area contributed by atoms with Gasteiger partial charge in [-0.2, -0.15) is 0 Å². The number of hydrogen-bond donors (Lipinski definition) is 2. The number of aryl methyl sites for hydroxylation is 2. The Hall–Kier alpha value is -1.30. The number of carbonyl (C=O) groups excluding carboxylic acids is 1. The maximum atomic E-state index is 11.8. The van der Waals surface area contributed by atoms with E-state index in [0.29, 0.717) is 26.3 Å². The second-order valence-corrected chi connectivity index (χ2v) is 5.03. The van der Waals surface area contributed by atoms with Crippen molar-refractivity contribution in [3.63, 3.8) is 0 Å². The summed E-state index contributed by atoms with van der Waals surface area (Å²) in [6.07, 6.45) is -0.384. The van der Waals surface area contributed by atoms with Crippen molar-refractivity contribution in [2.75, 3.05) is 32.8 Å². The van der Waals surface area contributed by atoms with Gasteiger partial charge in [0.15, 0.2) is 0 Å².